The Morgan fingerprint density at radius 2 is 1.71 bits per heavy atom. The topological polar surface area (TPSA) is 86.8 Å². The van der Waals surface area contributed by atoms with Crippen molar-refractivity contribution in [3.63, 3.8) is 0 Å². The molecule has 0 saturated heterocycles. The molecule has 0 radical (unpaired) electrons. The number of halogens is 1. The van der Waals surface area contributed by atoms with Crippen LogP contribution in [0.25, 0.3) is 0 Å². The van der Waals surface area contributed by atoms with E-state index < -0.39 is 34.3 Å². The van der Waals surface area contributed by atoms with Crippen molar-refractivity contribution in [3.05, 3.63) is 65.0 Å². The molecule has 0 aromatic heterocycles. The van der Waals surface area contributed by atoms with Gasteiger partial charge in [-0.2, -0.15) is 0 Å². The fourth-order valence-electron chi connectivity index (χ4n) is 4.44. The summed E-state index contributed by atoms with van der Waals surface area (Å²) in [5, 5.41) is 3.01. The van der Waals surface area contributed by atoms with Gasteiger partial charge in [0.05, 0.1) is 11.9 Å². The van der Waals surface area contributed by atoms with Crippen LogP contribution in [0, 0.1) is 19.7 Å². The van der Waals surface area contributed by atoms with Crippen LogP contribution in [0.15, 0.2) is 42.5 Å². The normalized spacial score (nSPS) is 15.0. The van der Waals surface area contributed by atoms with Crippen LogP contribution in [-0.4, -0.2) is 50.0 Å². The third-order valence-electron chi connectivity index (χ3n) is 6.44. The molecule has 0 heterocycles. The average molecular weight is 504 g/mol. The first-order valence-electron chi connectivity index (χ1n) is 11.8. The van der Waals surface area contributed by atoms with Gasteiger partial charge in [0.2, 0.25) is 21.8 Å². The van der Waals surface area contributed by atoms with Gasteiger partial charge in [0.1, 0.15) is 18.4 Å². The van der Waals surface area contributed by atoms with Crippen LogP contribution in [0.4, 0.5) is 10.1 Å². The predicted octanol–water partition coefficient (Wildman–Crippen LogP) is 3.68. The monoisotopic (exact) mass is 503 g/mol. The van der Waals surface area contributed by atoms with Gasteiger partial charge < -0.3 is 10.2 Å². The second-order valence-electron chi connectivity index (χ2n) is 9.37. The predicted molar refractivity (Wildman–Crippen MR) is 135 cm³/mol. The van der Waals surface area contributed by atoms with Crippen molar-refractivity contribution in [1.29, 1.82) is 0 Å². The number of rotatable bonds is 9. The van der Waals surface area contributed by atoms with E-state index in [4.69, 9.17) is 0 Å². The highest BCUT2D eigenvalue weighted by Gasteiger charge is 2.31. The van der Waals surface area contributed by atoms with Gasteiger partial charge in [-0.3, -0.25) is 13.9 Å². The first-order chi connectivity index (χ1) is 16.5. The third kappa shape index (κ3) is 7.04. The van der Waals surface area contributed by atoms with Crippen molar-refractivity contribution in [3.8, 4) is 0 Å². The summed E-state index contributed by atoms with van der Waals surface area (Å²) in [4.78, 5) is 28.0. The Hall–Kier alpha value is -2.94. The molecule has 2 aromatic rings. The minimum absolute atomic E-state index is 0.0445. The van der Waals surface area contributed by atoms with Crippen LogP contribution in [0.2, 0.25) is 0 Å². The molecule has 35 heavy (non-hydrogen) atoms. The van der Waals surface area contributed by atoms with E-state index in [9.17, 15) is 22.4 Å². The second kappa shape index (κ2) is 11.2. The van der Waals surface area contributed by atoms with E-state index in [0.717, 1.165) is 47.4 Å². The van der Waals surface area contributed by atoms with Gasteiger partial charge in [0, 0.05) is 12.6 Å². The highest BCUT2D eigenvalue weighted by molar-refractivity contribution is 7.92. The zero-order valence-corrected chi connectivity index (χ0v) is 21.6. The number of hydrogen-bond donors (Lipinski definition) is 1. The Labute approximate surface area is 207 Å². The Morgan fingerprint density at radius 3 is 2.29 bits per heavy atom. The summed E-state index contributed by atoms with van der Waals surface area (Å²) in [6, 6.07) is 10.2. The molecule has 1 aliphatic carbocycles. The second-order valence-corrected chi connectivity index (χ2v) is 11.3. The van der Waals surface area contributed by atoms with E-state index in [2.05, 4.69) is 5.32 Å². The molecular weight excluding hydrogens is 469 g/mol. The van der Waals surface area contributed by atoms with Gasteiger partial charge in [0.15, 0.2) is 0 Å². The van der Waals surface area contributed by atoms with Crippen LogP contribution < -0.4 is 9.62 Å². The van der Waals surface area contributed by atoms with Crippen LogP contribution in [0.1, 0.15) is 49.3 Å². The number of anilines is 1. The number of nitrogens with zero attached hydrogens (tertiary/aromatic N) is 2. The van der Waals surface area contributed by atoms with Crippen LogP contribution in [0.3, 0.4) is 0 Å². The van der Waals surface area contributed by atoms with E-state index >= 15 is 0 Å². The number of aryl methyl sites for hydroxylation is 2. The highest BCUT2D eigenvalue weighted by Crippen LogP contribution is 2.24. The molecule has 0 bridgehead atoms. The summed E-state index contributed by atoms with van der Waals surface area (Å²) in [5.41, 5.74) is 2.75. The number of carbonyl (C=O) groups excluding carboxylic acids is 2. The van der Waals surface area contributed by atoms with E-state index in [1.54, 1.807) is 38.1 Å². The summed E-state index contributed by atoms with van der Waals surface area (Å²) < 4.78 is 39.9. The molecule has 2 aromatic carbocycles. The molecule has 7 nitrogen and oxygen atoms in total. The molecule has 3 rings (SSSR count). The maximum absolute atomic E-state index is 13.6. The summed E-state index contributed by atoms with van der Waals surface area (Å²) in [6.07, 6.45) is 4.96. The molecule has 0 spiro atoms. The van der Waals surface area contributed by atoms with E-state index in [-0.39, 0.29) is 18.5 Å². The largest absolute Gasteiger partial charge is 0.352 e. The fourth-order valence-corrected chi connectivity index (χ4v) is 5.35. The molecule has 0 aliphatic heterocycles. The highest BCUT2D eigenvalue weighted by atomic mass is 32.2. The first-order valence-corrected chi connectivity index (χ1v) is 13.7. The number of nitrogens with one attached hydrogen (secondary N) is 1. The van der Waals surface area contributed by atoms with Gasteiger partial charge in [-0.25, -0.2) is 12.8 Å². The van der Waals surface area contributed by atoms with E-state index in [0.29, 0.717) is 11.3 Å². The smallest absolute Gasteiger partial charge is 0.244 e. The van der Waals surface area contributed by atoms with Crippen LogP contribution >= 0.6 is 0 Å². The number of sulfonamides is 1. The summed E-state index contributed by atoms with van der Waals surface area (Å²) in [6.45, 7) is 4.92. The molecule has 1 aliphatic rings. The van der Waals surface area contributed by atoms with Crippen molar-refractivity contribution in [1.82, 2.24) is 10.2 Å². The Kier molecular flexibility index (Phi) is 8.53. The lowest BCUT2D eigenvalue weighted by Gasteiger charge is -2.32. The summed E-state index contributed by atoms with van der Waals surface area (Å²) >= 11 is 0. The first kappa shape index (κ1) is 26.7. The molecule has 1 atom stereocenters. The Morgan fingerprint density at radius 1 is 1.09 bits per heavy atom. The van der Waals surface area contributed by atoms with Crippen LogP contribution in [0.5, 0.6) is 0 Å². The van der Waals surface area contributed by atoms with E-state index in [1.807, 2.05) is 13.0 Å². The minimum atomic E-state index is -3.79. The minimum Gasteiger partial charge on any atom is -0.352 e. The van der Waals surface area contributed by atoms with Crippen molar-refractivity contribution < 1.29 is 22.4 Å². The zero-order valence-electron chi connectivity index (χ0n) is 20.8. The standard InChI is InChI=1S/C26H34FN3O4S/c1-18-9-14-24(19(2)15-18)30(35(4,33)34)17-25(31)29(16-21-10-12-22(27)13-11-21)20(3)26(32)28-23-7-5-6-8-23/h9-15,20,23H,5-8,16-17H2,1-4H3,(H,28,32)/t20-/m0/s1. The number of benzene rings is 2. The van der Waals surface area contributed by atoms with Gasteiger partial charge >= 0.3 is 0 Å². The molecule has 190 valence electrons. The molecule has 2 amide bonds. The Bertz CT molecular complexity index is 1160. The number of hydrogen-bond acceptors (Lipinski definition) is 4. The maximum atomic E-state index is 13.6. The molecule has 0 unspecified atom stereocenters. The van der Waals surface area contributed by atoms with E-state index in [1.165, 1.54) is 17.0 Å². The fraction of sp³-hybridized carbons (Fsp3) is 0.462. The van der Waals surface area contributed by atoms with Crippen LogP contribution in [-0.2, 0) is 26.2 Å². The third-order valence-corrected chi connectivity index (χ3v) is 7.56. The number of carbonyl (C=O) groups is 2. The summed E-state index contributed by atoms with van der Waals surface area (Å²) in [7, 11) is -3.79. The van der Waals surface area contributed by atoms with Gasteiger partial charge in [-0.05, 0) is 62.9 Å². The Balaban J connectivity index is 1.89. The SMILES string of the molecule is Cc1ccc(N(CC(=O)N(Cc2ccc(F)cc2)[C@@H](C)C(=O)NC2CCCC2)S(C)(=O)=O)c(C)c1. The van der Waals surface area contributed by atoms with Crippen molar-refractivity contribution in [2.24, 2.45) is 0 Å². The van der Waals surface area contributed by atoms with Crippen molar-refractivity contribution >= 4 is 27.5 Å². The average Bonchev–Trinajstić information content (AvgIpc) is 3.29. The molecule has 1 N–H and O–H groups in total. The summed E-state index contributed by atoms with van der Waals surface area (Å²) in [5.74, 6) is -1.21. The van der Waals surface area contributed by atoms with Gasteiger partial charge in [-0.1, -0.05) is 42.7 Å². The molecule has 1 fully saturated rings. The molecule has 9 heteroatoms. The molecular formula is C26H34FN3O4S. The molecule has 1 saturated carbocycles. The van der Waals surface area contributed by atoms with Crippen molar-refractivity contribution in [2.75, 3.05) is 17.1 Å². The quantitative estimate of drug-likeness (QED) is 0.566. The van der Waals surface area contributed by atoms with Gasteiger partial charge in [0.25, 0.3) is 0 Å². The zero-order chi connectivity index (χ0) is 25.8. The lowest BCUT2D eigenvalue weighted by molar-refractivity contribution is -0.139. The number of amides is 2. The van der Waals surface area contributed by atoms with Gasteiger partial charge in [-0.15, -0.1) is 0 Å². The maximum Gasteiger partial charge on any atom is 0.244 e. The van der Waals surface area contributed by atoms with Crippen molar-refractivity contribution in [2.45, 2.75) is 65.1 Å². The lowest BCUT2D eigenvalue weighted by atomic mass is 10.1. The lowest BCUT2D eigenvalue weighted by Crippen LogP contribution is -2.52.